The summed E-state index contributed by atoms with van der Waals surface area (Å²) in [4.78, 5) is 25.9. The van der Waals surface area contributed by atoms with Crippen molar-refractivity contribution in [3.05, 3.63) is 89.0 Å². The first-order valence-corrected chi connectivity index (χ1v) is 10.3. The summed E-state index contributed by atoms with van der Waals surface area (Å²) in [7, 11) is 1.46. The molecule has 0 fully saturated rings. The molecule has 0 saturated carbocycles. The van der Waals surface area contributed by atoms with Gasteiger partial charge in [0, 0.05) is 30.2 Å². The van der Waals surface area contributed by atoms with E-state index in [1.807, 2.05) is 24.3 Å². The molecule has 4 N–H and O–H groups in total. The fraction of sp³-hybridized carbons (Fsp3) is 0.200. The van der Waals surface area contributed by atoms with Gasteiger partial charge in [-0.3, -0.25) is 9.59 Å². The number of hydrogen-bond donors (Lipinski definition) is 4. The molecule has 0 aliphatic rings. The first-order chi connectivity index (χ1) is 15.6. The number of carbonyl (C=O) groups excluding carboxylic acids is 2. The molecule has 0 spiro atoms. The summed E-state index contributed by atoms with van der Waals surface area (Å²) >= 11 is 0. The summed E-state index contributed by atoms with van der Waals surface area (Å²) < 4.78 is 5.33. The summed E-state index contributed by atoms with van der Waals surface area (Å²) in [5.41, 5.74) is 3.31. The maximum Gasteiger partial charge on any atom is 0.259 e. The molecule has 0 aliphatic carbocycles. The highest BCUT2D eigenvalue weighted by molar-refractivity contribution is 6.10. The van der Waals surface area contributed by atoms with E-state index in [0.29, 0.717) is 35.5 Å². The summed E-state index contributed by atoms with van der Waals surface area (Å²) in [6.07, 6.45) is 0.823. The van der Waals surface area contributed by atoms with Crippen LogP contribution in [0, 0.1) is 0 Å². The molecule has 3 aromatic carbocycles. The minimum atomic E-state index is -0.428. The third kappa shape index (κ3) is 5.51. The fourth-order valence-electron chi connectivity index (χ4n) is 3.37. The van der Waals surface area contributed by atoms with E-state index in [-0.39, 0.29) is 24.7 Å². The molecule has 7 heteroatoms. The Morgan fingerprint density at radius 3 is 1.84 bits per heavy atom. The fourth-order valence-corrected chi connectivity index (χ4v) is 3.37. The van der Waals surface area contributed by atoms with Crippen LogP contribution in [0.1, 0.15) is 31.8 Å². The first-order valence-electron chi connectivity index (χ1n) is 10.3. The number of ether oxygens (including phenoxy) is 1. The van der Waals surface area contributed by atoms with Crippen LogP contribution in [-0.4, -0.2) is 42.4 Å². The van der Waals surface area contributed by atoms with Gasteiger partial charge in [-0.25, -0.2) is 0 Å². The van der Waals surface area contributed by atoms with Crippen LogP contribution in [-0.2, 0) is 12.8 Å². The van der Waals surface area contributed by atoms with Crippen molar-refractivity contribution in [1.29, 1.82) is 0 Å². The van der Waals surface area contributed by atoms with E-state index in [4.69, 9.17) is 4.74 Å². The van der Waals surface area contributed by atoms with Gasteiger partial charge in [-0.2, -0.15) is 0 Å². The number of aliphatic hydroxyl groups is 2. The Labute approximate surface area is 186 Å². The molecule has 2 amide bonds. The zero-order chi connectivity index (χ0) is 22.9. The maximum absolute atomic E-state index is 13.0. The van der Waals surface area contributed by atoms with Crippen LogP contribution in [0.2, 0.25) is 0 Å². The lowest BCUT2D eigenvalue weighted by Gasteiger charge is -2.14. The van der Waals surface area contributed by atoms with Crippen molar-refractivity contribution >= 4 is 23.2 Å². The molecule has 0 aromatic heterocycles. The van der Waals surface area contributed by atoms with Crippen molar-refractivity contribution in [2.45, 2.75) is 12.8 Å². The largest absolute Gasteiger partial charge is 0.496 e. The van der Waals surface area contributed by atoms with Crippen LogP contribution in [0.25, 0.3) is 0 Å². The average molecular weight is 434 g/mol. The minimum absolute atomic E-state index is 0.0303. The third-order valence-corrected chi connectivity index (χ3v) is 5.00. The van der Waals surface area contributed by atoms with Crippen molar-refractivity contribution in [1.82, 2.24) is 0 Å². The molecule has 3 aromatic rings. The van der Waals surface area contributed by atoms with E-state index in [2.05, 4.69) is 10.6 Å². The second-order valence-electron chi connectivity index (χ2n) is 7.08. The van der Waals surface area contributed by atoms with Crippen molar-refractivity contribution in [2.75, 3.05) is 31.0 Å². The lowest BCUT2D eigenvalue weighted by Crippen LogP contribution is -2.18. The van der Waals surface area contributed by atoms with Gasteiger partial charge in [-0.15, -0.1) is 0 Å². The molecule has 0 radical (unpaired) electrons. The molecule has 166 valence electrons. The number of benzene rings is 3. The number of para-hydroxylation sites is 2. The summed E-state index contributed by atoms with van der Waals surface area (Å²) in [5.74, 6) is -0.477. The Kier molecular flexibility index (Phi) is 7.96. The van der Waals surface area contributed by atoms with E-state index in [1.54, 1.807) is 36.4 Å². The second kappa shape index (κ2) is 11.1. The molecule has 0 bridgehead atoms. The molecule has 3 rings (SSSR count). The summed E-state index contributed by atoms with van der Waals surface area (Å²) in [5, 5.41) is 24.2. The number of amides is 2. The van der Waals surface area contributed by atoms with Crippen molar-refractivity contribution in [2.24, 2.45) is 0 Å². The molecular formula is C25H26N2O5. The molecule has 0 saturated heterocycles. The molecule has 0 aliphatic heterocycles. The normalized spacial score (nSPS) is 10.5. The number of hydrogen-bond acceptors (Lipinski definition) is 5. The molecule has 7 nitrogen and oxygen atoms in total. The number of anilines is 2. The molecular weight excluding hydrogens is 408 g/mol. The Bertz CT molecular complexity index is 1100. The standard InChI is InChI=1S/C25H26N2O5/c1-32-23-11-10-19(24(30)26-21-8-4-2-6-17(21)12-14-28)16-20(23)25(31)27-22-9-5-3-7-18(22)13-15-29/h2-11,16,28-29H,12-15H2,1H3,(H,26,30)(H,27,31). The lowest BCUT2D eigenvalue weighted by molar-refractivity contribution is 0.102. The van der Waals surface area contributed by atoms with E-state index < -0.39 is 5.91 Å². The SMILES string of the molecule is COc1ccc(C(=O)Nc2ccccc2CCO)cc1C(=O)Nc1ccccc1CCO. The highest BCUT2D eigenvalue weighted by Gasteiger charge is 2.18. The van der Waals surface area contributed by atoms with E-state index >= 15 is 0 Å². The van der Waals surface area contributed by atoms with Gasteiger partial charge < -0.3 is 25.6 Å². The molecule has 32 heavy (non-hydrogen) atoms. The topological polar surface area (TPSA) is 108 Å². The van der Waals surface area contributed by atoms with E-state index in [9.17, 15) is 19.8 Å². The first kappa shape index (κ1) is 23.0. The van der Waals surface area contributed by atoms with Gasteiger partial charge in [0.25, 0.3) is 11.8 Å². The highest BCUT2D eigenvalue weighted by Crippen LogP contribution is 2.24. The number of methoxy groups -OCH3 is 1. The van der Waals surface area contributed by atoms with Crippen LogP contribution in [0.4, 0.5) is 11.4 Å². The summed E-state index contributed by atoms with van der Waals surface area (Å²) in [6, 6.07) is 19.1. The van der Waals surface area contributed by atoms with Gasteiger partial charge in [0.2, 0.25) is 0 Å². The Morgan fingerprint density at radius 1 is 0.781 bits per heavy atom. The molecule has 0 heterocycles. The van der Waals surface area contributed by atoms with Gasteiger partial charge in [0.1, 0.15) is 5.75 Å². The van der Waals surface area contributed by atoms with Gasteiger partial charge in [-0.05, 0) is 54.3 Å². The Morgan fingerprint density at radius 2 is 1.31 bits per heavy atom. The Hall–Kier alpha value is -3.68. The van der Waals surface area contributed by atoms with Crippen LogP contribution in [0.15, 0.2) is 66.7 Å². The number of carbonyl (C=O) groups is 2. The van der Waals surface area contributed by atoms with E-state index in [0.717, 1.165) is 11.1 Å². The van der Waals surface area contributed by atoms with Crippen molar-refractivity contribution < 1.29 is 24.5 Å². The van der Waals surface area contributed by atoms with Crippen LogP contribution in [0.5, 0.6) is 5.75 Å². The number of aliphatic hydroxyl groups excluding tert-OH is 2. The maximum atomic E-state index is 13.0. The molecule has 0 unspecified atom stereocenters. The van der Waals surface area contributed by atoms with Crippen LogP contribution >= 0.6 is 0 Å². The van der Waals surface area contributed by atoms with Gasteiger partial charge in [-0.1, -0.05) is 36.4 Å². The smallest absolute Gasteiger partial charge is 0.259 e. The molecule has 0 atom stereocenters. The predicted molar refractivity (Wildman–Crippen MR) is 123 cm³/mol. The Balaban J connectivity index is 1.86. The number of rotatable bonds is 9. The van der Waals surface area contributed by atoms with E-state index in [1.165, 1.54) is 13.2 Å². The lowest BCUT2D eigenvalue weighted by atomic mass is 10.1. The predicted octanol–water partition coefficient (Wildman–Crippen LogP) is 3.27. The van der Waals surface area contributed by atoms with Crippen molar-refractivity contribution in [3.63, 3.8) is 0 Å². The monoisotopic (exact) mass is 434 g/mol. The number of nitrogens with one attached hydrogen (secondary N) is 2. The van der Waals surface area contributed by atoms with Crippen molar-refractivity contribution in [3.8, 4) is 5.75 Å². The average Bonchev–Trinajstić information content (AvgIpc) is 2.81. The zero-order valence-electron chi connectivity index (χ0n) is 17.8. The van der Waals surface area contributed by atoms with Gasteiger partial charge in [0.15, 0.2) is 0 Å². The second-order valence-corrected chi connectivity index (χ2v) is 7.08. The van der Waals surface area contributed by atoms with Gasteiger partial charge in [0.05, 0.1) is 12.7 Å². The highest BCUT2D eigenvalue weighted by atomic mass is 16.5. The third-order valence-electron chi connectivity index (χ3n) is 5.00. The zero-order valence-corrected chi connectivity index (χ0v) is 17.8. The summed E-state index contributed by atoms with van der Waals surface area (Å²) in [6.45, 7) is -0.0683. The van der Waals surface area contributed by atoms with Crippen LogP contribution < -0.4 is 15.4 Å². The minimum Gasteiger partial charge on any atom is -0.496 e. The van der Waals surface area contributed by atoms with Crippen LogP contribution in [0.3, 0.4) is 0 Å². The van der Waals surface area contributed by atoms with Gasteiger partial charge >= 0.3 is 0 Å². The quantitative estimate of drug-likeness (QED) is 0.413.